The van der Waals surface area contributed by atoms with E-state index in [1.54, 1.807) is 0 Å². The van der Waals surface area contributed by atoms with E-state index in [9.17, 15) is 0 Å². The molecule has 1 fully saturated rings. The Bertz CT molecular complexity index is 500. The molecule has 6 heteroatoms. The summed E-state index contributed by atoms with van der Waals surface area (Å²) in [7, 11) is 3.88. The van der Waals surface area contributed by atoms with Crippen LogP contribution in [0.1, 0.15) is 18.4 Å². The Labute approximate surface area is 150 Å². The predicted octanol–water partition coefficient (Wildman–Crippen LogP) is 2.46. The van der Waals surface area contributed by atoms with E-state index in [0.717, 1.165) is 63.3 Å². The first-order chi connectivity index (χ1) is 11.7. The van der Waals surface area contributed by atoms with Gasteiger partial charge >= 0.3 is 0 Å². The van der Waals surface area contributed by atoms with Crippen LogP contribution in [0.4, 0.5) is 0 Å². The number of hydrogen-bond acceptors (Lipinski definition) is 3. The van der Waals surface area contributed by atoms with Crippen molar-refractivity contribution < 1.29 is 4.74 Å². The number of rotatable bonds is 7. The van der Waals surface area contributed by atoms with Gasteiger partial charge in [0.1, 0.15) is 0 Å². The Morgan fingerprint density at radius 3 is 2.62 bits per heavy atom. The second-order valence-electron chi connectivity index (χ2n) is 6.12. The summed E-state index contributed by atoms with van der Waals surface area (Å²) in [5.41, 5.74) is 1.22. The Morgan fingerprint density at radius 1 is 1.25 bits per heavy atom. The molecule has 1 aliphatic heterocycles. The fourth-order valence-electron chi connectivity index (χ4n) is 2.81. The van der Waals surface area contributed by atoms with Crippen molar-refractivity contribution in [2.45, 2.75) is 19.4 Å². The minimum Gasteiger partial charge on any atom is -0.379 e. The van der Waals surface area contributed by atoms with E-state index < -0.39 is 0 Å². The van der Waals surface area contributed by atoms with E-state index >= 15 is 0 Å². The van der Waals surface area contributed by atoms with E-state index in [2.05, 4.69) is 39.3 Å². The van der Waals surface area contributed by atoms with Crippen molar-refractivity contribution in [1.29, 1.82) is 0 Å². The maximum atomic E-state index is 5.93. The molecule has 0 atom stereocenters. The normalized spacial score (nSPS) is 16.2. The molecule has 1 saturated heterocycles. The monoisotopic (exact) mass is 352 g/mol. The summed E-state index contributed by atoms with van der Waals surface area (Å²) in [6, 6.07) is 7.95. The highest BCUT2D eigenvalue weighted by Crippen LogP contribution is 2.11. The maximum absolute atomic E-state index is 5.93. The smallest absolute Gasteiger partial charge is 0.193 e. The number of hydrogen-bond donors (Lipinski definition) is 1. The highest BCUT2D eigenvalue weighted by atomic mass is 35.5. The topological polar surface area (TPSA) is 40.1 Å². The highest BCUT2D eigenvalue weighted by molar-refractivity contribution is 6.30. The van der Waals surface area contributed by atoms with E-state index in [0.29, 0.717) is 0 Å². The minimum atomic E-state index is 0.768. The molecule has 134 valence electrons. The molecule has 1 aromatic rings. The van der Waals surface area contributed by atoms with E-state index in [-0.39, 0.29) is 0 Å². The number of guanidine groups is 1. The van der Waals surface area contributed by atoms with Gasteiger partial charge in [0.25, 0.3) is 0 Å². The standard InChI is InChI=1S/C18H29ClN4O/c1-20-18(22(2)15-16-5-7-17(19)8-6-16)21-9-3-4-10-23-11-13-24-14-12-23/h5-8H,3-4,9-15H2,1-2H3,(H,20,21). The van der Waals surface area contributed by atoms with Crippen LogP contribution >= 0.6 is 11.6 Å². The first-order valence-electron chi connectivity index (χ1n) is 8.65. The number of ether oxygens (including phenoxy) is 1. The van der Waals surface area contributed by atoms with Gasteiger partial charge in [-0.25, -0.2) is 0 Å². The number of aliphatic imine (C=N–C) groups is 1. The molecule has 0 radical (unpaired) electrons. The summed E-state index contributed by atoms with van der Waals surface area (Å²) in [6.45, 7) is 6.80. The lowest BCUT2D eigenvalue weighted by molar-refractivity contribution is 0.0372. The molecule has 5 nitrogen and oxygen atoms in total. The third-order valence-electron chi connectivity index (χ3n) is 4.19. The maximum Gasteiger partial charge on any atom is 0.193 e. The van der Waals surface area contributed by atoms with Gasteiger partial charge in [-0.15, -0.1) is 0 Å². The summed E-state index contributed by atoms with van der Waals surface area (Å²) in [6.07, 6.45) is 2.34. The molecule has 0 amide bonds. The molecule has 1 aliphatic rings. The van der Waals surface area contributed by atoms with Crippen LogP contribution in [0, 0.1) is 0 Å². The van der Waals surface area contributed by atoms with Crippen LogP contribution < -0.4 is 5.32 Å². The van der Waals surface area contributed by atoms with Gasteiger partial charge in [-0.05, 0) is 37.1 Å². The van der Waals surface area contributed by atoms with E-state index in [1.165, 1.54) is 12.0 Å². The molecule has 0 aliphatic carbocycles. The third-order valence-corrected chi connectivity index (χ3v) is 4.45. The van der Waals surface area contributed by atoms with Gasteiger partial charge in [-0.1, -0.05) is 23.7 Å². The van der Waals surface area contributed by atoms with Crippen LogP contribution in [0.25, 0.3) is 0 Å². The first kappa shape index (κ1) is 19.0. The average molecular weight is 353 g/mol. The van der Waals surface area contributed by atoms with Crippen molar-refractivity contribution in [2.75, 3.05) is 53.5 Å². The lowest BCUT2D eigenvalue weighted by atomic mass is 10.2. The quantitative estimate of drug-likeness (QED) is 0.465. The van der Waals surface area contributed by atoms with Crippen molar-refractivity contribution in [1.82, 2.24) is 15.1 Å². The van der Waals surface area contributed by atoms with Crippen molar-refractivity contribution >= 4 is 17.6 Å². The zero-order chi connectivity index (χ0) is 17.2. The largest absolute Gasteiger partial charge is 0.379 e. The summed E-state index contributed by atoms with van der Waals surface area (Å²) >= 11 is 5.93. The molecule has 0 spiro atoms. The fourth-order valence-corrected chi connectivity index (χ4v) is 2.93. The van der Waals surface area contributed by atoms with Crippen molar-refractivity contribution in [3.05, 3.63) is 34.9 Å². The third kappa shape index (κ3) is 6.67. The molecule has 0 aromatic heterocycles. The first-order valence-corrected chi connectivity index (χ1v) is 9.03. The molecule has 0 saturated carbocycles. The lowest BCUT2D eigenvalue weighted by Crippen LogP contribution is -2.39. The van der Waals surface area contributed by atoms with Gasteiger partial charge in [0, 0.05) is 45.3 Å². The number of morpholine rings is 1. The summed E-state index contributed by atoms with van der Waals surface area (Å²) in [4.78, 5) is 8.97. The number of nitrogens with one attached hydrogen (secondary N) is 1. The molecular weight excluding hydrogens is 324 g/mol. The van der Waals surface area contributed by atoms with Crippen molar-refractivity contribution in [3.8, 4) is 0 Å². The molecule has 1 N–H and O–H groups in total. The van der Waals surface area contributed by atoms with Crippen LogP contribution in [-0.4, -0.2) is 69.2 Å². The molecule has 1 heterocycles. The predicted molar refractivity (Wildman–Crippen MR) is 101 cm³/mol. The number of halogens is 1. The van der Waals surface area contributed by atoms with Gasteiger partial charge in [0.05, 0.1) is 13.2 Å². The van der Waals surface area contributed by atoms with Gasteiger partial charge in [-0.2, -0.15) is 0 Å². The molecule has 0 bridgehead atoms. The van der Waals surface area contributed by atoms with Crippen LogP contribution in [-0.2, 0) is 11.3 Å². The Kier molecular flexibility index (Phi) is 8.36. The zero-order valence-electron chi connectivity index (χ0n) is 14.8. The SMILES string of the molecule is CN=C(NCCCCN1CCOCC1)N(C)Cc1ccc(Cl)cc1. The minimum absolute atomic E-state index is 0.768. The Hall–Kier alpha value is -1.30. The Morgan fingerprint density at radius 2 is 1.96 bits per heavy atom. The summed E-state index contributed by atoms with van der Waals surface area (Å²) < 4.78 is 5.37. The Balaban J connectivity index is 1.64. The van der Waals surface area contributed by atoms with Crippen LogP contribution in [0.15, 0.2) is 29.3 Å². The van der Waals surface area contributed by atoms with Gasteiger partial charge in [0.2, 0.25) is 0 Å². The van der Waals surface area contributed by atoms with Crippen LogP contribution in [0.3, 0.4) is 0 Å². The van der Waals surface area contributed by atoms with Gasteiger partial charge in [0.15, 0.2) is 5.96 Å². The second kappa shape index (κ2) is 10.5. The van der Waals surface area contributed by atoms with Gasteiger partial charge in [-0.3, -0.25) is 9.89 Å². The number of nitrogens with zero attached hydrogens (tertiary/aromatic N) is 3. The van der Waals surface area contributed by atoms with Gasteiger partial charge < -0.3 is 15.0 Å². The lowest BCUT2D eigenvalue weighted by Gasteiger charge is -2.26. The molecule has 2 rings (SSSR count). The molecule has 24 heavy (non-hydrogen) atoms. The van der Waals surface area contributed by atoms with E-state index in [1.807, 2.05) is 19.2 Å². The highest BCUT2D eigenvalue weighted by Gasteiger charge is 2.10. The molecule has 1 aromatic carbocycles. The molecular formula is C18H29ClN4O. The van der Waals surface area contributed by atoms with E-state index in [4.69, 9.17) is 16.3 Å². The van der Waals surface area contributed by atoms with Crippen molar-refractivity contribution in [2.24, 2.45) is 4.99 Å². The summed E-state index contributed by atoms with van der Waals surface area (Å²) in [5.74, 6) is 0.927. The van der Waals surface area contributed by atoms with Crippen LogP contribution in [0.2, 0.25) is 5.02 Å². The van der Waals surface area contributed by atoms with Crippen LogP contribution in [0.5, 0.6) is 0 Å². The summed E-state index contributed by atoms with van der Waals surface area (Å²) in [5, 5.41) is 4.21. The molecule has 0 unspecified atom stereocenters. The number of benzene rings is 1. The number of unbranched alkanes of at least 4 members (excludes halogenated alkanes) is 1. The average Bonchev–Trinajstić information content (AvgIpc) is 2.61. The second-order valence-corrected chi connectivity index (χ2v) is 6.55. The fraction of sp³-hybridized carbons (Fsp3) is 0.611. The van der Waals surface area contributed by atoms with Crippen molar-refractivity contribution in [3.63, 3.8) is 0 Å². The zero-order valence-corrected chi connectivity index (χ0v) is 15.6.